The van der Waals surface area contributed by atoms with Crippen molar-refractivity contribution in [1.29, 1.82) is 0 Å². The molecular formula is C6H12F. The Morgan fingerprint density at radius 3 is 2.43 bits per heavy atom. The third-order valence-corrected chi connectivity index (χ3v) is 0.871. The van der Waals surface area contributed by atoms with Crippen molar-refractivity contribution in [3.63, 3.8) is 0 Å². The molecule has 0 aromatic rings. The van der Waals surface area contributed by atoms with E-state index in [1.54, 1.807) is 0 Å². The maximum Gasteiger partial charge on any atom is 0.100 e. The summed E-state index contributed by atoms with van der Waals surface area (Å²) in [7, 11) is 0. The molecule has 0 saturated carbocycles. The largest absolute Gasteiger partial charge is 0.247 e. The molecule has 0 amide bonds. The first-order chi connectivity index (χ1) is 3.27. The number of halogens is 1. The highest BCUT2D eigenvalue weighted by Gasteiger charge is 1.93. The van der Waals surface area contributed by atoms with E-state index in [0.717, 1.165) is 12.8 Å². The summed E-state index contributed by atoms with van der Waals surface area (Å²) in [6, 6.07) is 0. The van der Waals surface area contributed by atoms with Crippen LogP contribution in [0.2, 0.25) is 0 Å². The van der Waals surface area contributed by atoms with Gasteiger partial charge in [-0.2, -0.15) is 0 Å². The smallest absolute Gasteiger partial charge is 0.100 e. The zero-order valence-corrected chi connectivity index (χ0v) is 4.78. The first-order valence-electron chi connectivity index (χ1n) is 2.74. The van der Waals surface area contributed by atoms with Gasteiger partial charge < -0.3 is 0 Å². The van der Waals surface area contributed by atoms with E-state index >= 15 is 0 Å². The van der Waals surface area contributed by atoms with Crippen molar-refractivity contribution in [2.75, 3.05) is 0 Å². The Bertz CT molecular complexity index is 33.2. The highest BCUT2D eigenvalue weighted by Crippen LogP contribution is 2.01. The molecule has 0 aliphatic carbocycles. The topological polar surface area (TPSA) is 0 Å². The lowest BCUT2D eigenvalue weighted by molar-refractivity contribution is 0.366. The van der Waals surface area contributed by atoms with Crippen LogP contribution >= 0.6 is 0 Å². The molecule has 0 N–H and O–H groups in total. The van der Waals surface area contributed by atoms with Crippen LogP contribution in [0.25, 0.3) is 0 Å². The van der Waals surface area contributed by atoms with E-state index in [0.29, 0.717) is 6.42 Å². The second-order valence-corrected chi connectivity index (χ2v) is 1.74. The SMILES string of the molecule is [CH2][C@H](F)CCCC. The zero-order valence-electron chi connectivity index (χ0n) is 4.78. The molecule has 7 heavy (non-hydrogen) atoms. The van der Waals surface area contributed by atoms with E-state index in [2.05, 4.69) is 6.92 Å². The van der Waals surface area contributed by atoms with Gasteiger partial charge in [-0.1, -0.05) is 19.8 Å². The van der Waals surface area contributed by atoms with Crippen LogP contribution in [0.1, 0.15) is 26.2 Å². The lowest BCUT2D eigenvalue weighted by atomic mass is 10.2. The molecular weight excluding hydrogens is 91.1 g/mol. The van der Waals surface area contributed by atoms with Crippen LogP contribution < -0.4 is 0 Å². The van der Waals surface area contributed by atoms with Gasteiger partial charge in [-0.05, 0) is 13.3 Å². The highest BCUT2D eigenvalue weighted by molar-refractivity contribution is 4.55. The van der Waals surface area contributed by atoms with Crippen LogP contribution in [-0.2, 0) is 0 Å². The highest BCUT2D eigenvalue weighted by atomic mass is 19.1. The lowest BCUT2D eigenvalue weighted by Gasteiger charge is -1.95. The van der Waals surface area contributed by atoms with Crippen molar-refractivity contribution < 1.29 is 4.39 Å². The summed E-state index contributed by atoms with van der Waals surface area (Å²) in [5.41, 5.74) is 0. The summed E-state index contributed by atoms with van der Waals surface area (Å²) >= 11 is 0. The quantitative estimate of drug-likeness (QED) is 0.514. The van der Waals surface area contributed by atoms with Gasteiger partial charge in [-0.15, -0.1) is 0 Å². The third kappa shape index (κ3) is 5.93. The second kappa shape index (κ2) is 4.10. The Balaban J connectivity index is 2.68. The van der Waals surface area contributed by atoms with Crippen LogP contribution in [0.4, 0.5) is 4.39 Å². The molecule has 1 heteroatoms. The number of hydrogen-bond acceptors (Lipinski definition) is 0. The van der Waals surface area contributed by atoms with Gasteiger partial charge in [-0.3, -0.25) is 0 Å². The maximum atomic E-state index is 11.8. The minimum absolute atomic E-state index is 0.622. The maximum absolute atomic E-state index is 11.8. The van der Waals surface area contributed by atoms with Crippen molar-refractivity contribution in [1.82, 2.24) is 0 Å². The predicted molar refractivity (Wildman–Crippen MR) is 29.8 cm³/mol. The van der Waals surface area contributed by atoms with Crippen LogP contribution in [0.15, 0.2) is 0 Å². The summed E-state index contributed by atoms with van der Waals surface area (Å²) < 4.78 is 11.8. The van der Waals surface area contributed by atoms with Crippen molar-refractivity contribution in [2.24, 2.45) is 0 Å². The van der Waals surface area contributed by atoms with Gasteiger partial charge in [0.1, 0.15) is 6.17 Å². The number of hydrogen-bond donors (Lipinski definition) is 0. The summed E-state index contributed by atoms with van der Waals surface area (Å²) in [4.78, 5) is 0. The third-order valence-electron chi connectivity index (χ3n) is 0.871. The van der Waals surface area contributed by atoms with Gasteiger partial charge in [0, 0.05) is 0 Å². The predicted octanol–water partition coefficient (Wildman–Crippen LogP) is 2.35. The average Bonchev–Trinajstić information content (AvgIpc) is 1.61. The molecule has 1 atom stereocenters. The first-order valence-corrected chi connectivity index (χ1v) is 2.74. The molecule has 0 aromatic carbocycles. The monoisotopic (exact) mass is 103 g/mol. The number of alkyl halides is 1. The fourth-order valence-corrected chi connectivity index (χ4v) is 0.426. The van der Waals surface area contributed by atoms with E-state index in [9.17, 15) is 4.39 Å². The number of unbranched alkanes of at least 4 members (excludes halogenated alkanes) is 1. The lowest BCUT2D eigenvalue weighted by Crippen LogP contribution is -1.90. The molecule has 0 fully saturated rings. The van der Waals surface area contributed by atoms with Crippen molar-refractivity contribution >= 4 is 0 Å². The van der Waals surface area contributed by atoms with E-state index < -0.39 is 6.17 Å². The van der Waals surface area contributed by atoms with Crippen molar-refractivity contribution in [3.8, 4) is 0 Å². The summed E-state index contributed by atoms with van der Waals surface area (Å²) in [5.74, 6) is 0. The van der Waals surface area contributed by atoms with Gasteiger partial charge in [0.05, 0.1) is 0 Å². The van der Waals surface area contributed by atoms with E-state index in [1.165, 1.54) is 0 Å². The molecule has 0 rings (SSSR count). The van der Waals surface area contributed by atoms with Crippen LogP contribution in [-0.4, -0.2) is 6.17 Å². The molecule has 0 spiro atoms. The van der Waals surface area contributed by atoms with Crippen molar-refractivity contribution in [2.45, 2.75) is 32.4 Å². The van der Waals surface area contributed by atoms with Crippen molar-refractivity contribution in [3.05, 3.63) is 6.92 Å². The fraction of sp³-hybridized carbons (Fsp3) is 0.833. The Morgan fingerprint density at radius 2 is 2.29 bits per heavy atom. The molecule has 0 aromatic heterocycles. The Hall–Kier alpha value is -0.0700. The molecule has 43 valence electrons. The minimum Gasteiger partial charge on any atom is -0.247 e. The molecule has 0 saturated heterocycles. The standard InChI is InChI=1S/C6H12F/c1-3-4-5-6(2)7/h6H,2-5H2,1H3/t6-/m0/s1. The Kier molecular flexibility index (Phi) is 4.06. The van der Waals surface area contributed by atoms with Gasteiger partial charge >= 0.3 is 0 Å². The van der Waals surface area contributed by atoms with Gasteiger partial charge in [0.25, 0.3) is 0 Å². The molecule has 0 heterocycles. The summed E-state index contributed by atoms with van der Waals surface area (Å²) in [6.07, 6.45) is 1.80. The number of rotatable bonds is 3. The zero-order chi connectivity index (χ0) is 5.70. The molecule has 0 unspecified atom stereocenters. The summed E-state index contributed by atoms with van der Waals surface area (Å²) in [5, 5.41) is 0. The second-order valence-electron chi connectivity index (χ2n) is 1.74. The molecule has 0 nitrogen and oxygen atoms in total. The van der Waals surface area contributed by atoms with Gasteiger partial charge in [-0.25, -0.2) is 4.39 Å². The fourth-order valence-electron chi connectivity index (χ4n) is 0.426. The molecule has 0 bridgehead atoms. The van der Waals surface area contributed by atoms with Crippen LogP contribution in [0.3, 0.4) is 0 Å². The molecule has 1 radical (unpaired) electrons. The molecule has 0 aliphatic heterocycles. The Morgan fingerprint density at radius 1 is 1.71 bits per heavy atom. The average molecular weight is 103 g/mol. The normalized spacial score (nSPS) is 14.1. The first kappa shape index (κ1) is 6.93. The van der Waals surface area contributed by atoms with E-state index in [1.807, 2.05) is 6.92 Å². The van der Waals surface area contributed by atoms with E-state index in [4.69, 9.17) is 0 Å². The van der Waals surface area contributed by atoms with Gasteiger partial charge in [0.15, 0.2) is 0 Å². The summed E-state index contributed by atoms with van der Waals surface area (Å²) in [6.45, 7) is 5.25. The van der Waals surface area contributed by atoms with E-state index in [-0.39, 0.29) is 0 Å². The van der Waals surface area contributed by atoms with Gasteiger partial charge in [0.2, 0.25) is 0 Å². The molecule has 0 aliphatic rings. The minimum atomic E-state index is -0.847. The van der Waals surface area contributed by atoms with Crippen LogP contribution in [0, 0.1) is 6.92 Å². The van der Waals surface area contributed by atoms with Crippen LogP contribution in [0.5, 0.6) is 0 Å². The Labute approximate surface area is 44.7 Å².